The Bertz CT molecular complexity index is 1040. The van der Waals surface area contributed by atoms with Gasteiger partial charge in [-0.25, -0.2) is 4.79 Å². The lowest BCUT2D eigenvalue weighted by molar-refractivity contribution is -0.148. The van der Waals surface area contributed by atoms with Crippen LogP contribution in [0.1, 0.15) is 43.2 Å². The molecule has 0 aromatic heterocycles. The molecule has 0 saturated carbocycles. The van der Waals surface area contributed by atoms with Gasteiger partial charge in [0.05, 0.1) is 18.4 Å². The molecule has 4 rings (SSSR count). The molecule has 8 heteroatoms. The molecule has 8 nitrogen and oxygen atoms in total. The largest absolute Gasteiger partial charge is 0.481 e. The fourth-order valence-electron chi connectivity index (χ4n) is 5.16. The summed E-state index contributed by atoms with van der Waals surface area (Å²) in [5.41, 5.74) is 4.61. The summed E-state index contributed by atoms with van der Waals surface area (Å²) in [5.74, 6) is -1.36. The van der Waals surface area contributed by atoms with Crippen molar-refractivity contribution in [2.75, 3.05) is 26.8 Å². The van der Waals surface area contributed by atoms with Crippen molar-refractivity contribution in [2.24, 2.45) is 5.92 Å². The number of nitrogens with zero attached hydrogens (tertiary/aromatic N) is 1. The summed E-state index contributed by atoms with van der Waals surface area (Å²) in [6.07, 6.45) is -0.0793. The molecule has 1 saturated heterocycles. The molecule has 1 fully saturated rings. The molecular formula is C27H32N2O6. The smallest absolute Gasteiger partial charge is 0.407 e. The van der Waals surface area contributed by atoms with E-state index in [2.05, 4.69) is 29.6 Å². The molecule has 1 aliphatic carbocycles. The predicted molar refractivity (Wildman–Crippen MR) is 130 cm³/mol. The van der Waals surface area contributed by atoms with Gasteiger partial charge >= 0.3 is 12.1 Å². The number of piperidine rings is 1. The van der Waals surface area contributed by atoms with Gasteiger partial charge in [0, 0.05) is 32.2 Å². The normalized spacial score (nSPS) is 20.0. The highest BCUT2D eigenvalue weighted by Gasteiger charge is 2.33. The van der Waals surface area contributed by atoms with Gasteiger partial charge in [0.15, 0.2) is 0 Å². The number of carboxylic acids is 1. The SMILES string of the molecule is COC(CNC(=O)OCC1c2ccccc2-c2ccccc21)CC(=O)N1CCC(C(=O)O)CC1C. The van der Waals surface area contributed by atoms with Crippen molar-refractivity contribution in [1.82, 2.24) is 10.2 Å². The van der Waals surface area contributed by atoms with Crippen molar-refractivity contribution >= 4 is 18.0 Å². The van der Waals surface area contributed by atoms with Gasteiger partial charge in [-0.15, -0.1) is 0 Å². The molecule has 0 bridgehead atoms. The number of likely N-dealkylation sites (tertiary alicyclic amines) is 1. The molecule has 186 valence electrons. The zero-order chi connectivity index (χ0) is 24.9. The first-order valence-electron chi connectivity index (χ1n) is 12.0. The second kappa shape index (κ2) is 10.9. The number of carbonyl (C=O) groups is 3. The van der Waals surface area contributed by atoms with Crippen LogP contribution in [-0.4, -0.2) is 66.9 Å². The predicted octanol–water partition coefficient (Wildman–Crippen LogP) is 3.64. The minimum atomic E-state index is -0.814. The number of ether oxygens (including phenoxy) is 2. The van der Waals surface area contributed by atoms with E-state index in [0.717, 1.165) is 22.3 Å². The number of hydrogen-bond donors (Lipinski definition) is 2. The fraction of sp³-hybridized carbons (Fsp3) is 0.444. The van der Waals surface area contributed by atoms with Crippen LogP contribution in [-0.2, 0) is 19.1 Å². The van der Waals surface area contributed by atoms with Crippen molar-refractivity contribution in [3.05, 3.63) is 59.7 Å². The molecule has 3 atom stereocenters. The summed E-state index contributed by atoms with van der Waals surface area (Å²) in [6.45, 7) is 2.63. The maximum Gasteiger partial charge on any atom is 0.407 e. The first kappa shape index (κ1) is 24.7. The van der Waals surface area contributed by atoms with E-state index in [1.165, 1.54) is 7.11 Å². The van der Waals surface area contributed by atoms with Gasteiger partial charge < -0.3 is 24.8 Å². The average Bonchev–Trinajstić information content (AvgIpc) is 3.18. The van der Waals surface area contributed by atoms with E-state index in [1.54, 1.807) is 4.90 Å². The van der Waals surface area contributed by atoms with Gasteiger partial charge in [0.2, 0.25) is 5.91 Å². The Labute approximate surface area is 205 Å². The van der Waals surface area contributed by atoms with Gasteiger partial charge in [0.25, 0.3) is 0 Å². The van der Waals surface area contributed by atoms with Crippen LogP contribution in [0, 0.1) is 5.92 Å². The molecule has 2 aromatic rings. The second-order valence-corrected chi connectivity index (χ2v) is 9.26. The lowest BCUT2D eigenvalue weighted by Gasteiger charge is -2.37. The van der Waals surface area contributed by atoms with Crippen LogP contribution < -0.4 is 5.32 Å². The molecule has 2 N–H and O–H groups in total. The summed E-state index contributed by atoms with van der Waals surface area (Å²) in [4.78, 5) is 38.2. The highest BCUT2D eigenvalue weighted by atomic mass is 16.5. The monoisotopic (exact) mass is 480 g/mol. The molecule has 0 spiro atoms. The summed E-state index contributed by atoms with van der Waals surface area (Å²) >= 11 is 0. The Morgan fingerprint density at radius 1 is 1.09 bits per heavy atom. The Morgan fingerprint density at radius 3 is 2.29 bits per heavy atom. The number of methoxy groups -OCH3 is 1. The number of fused-ring (bicyclic) bond motifs is 3. The molecule has 3 unspecified atom stereocenters. The first-order chi connectivity index (χ1) is 16.9. The minimum Gasteiger partial charge on any atom is -0.481 e. The van der Waals surface area contributed by atoms with Crippen LogP contribution in [0.3, 0.4) is 0 Å². The number of carboxylic acid groups (broad SMARTS) is 1. The molecule has 0 radical (unpaired) electrons. The van der Waals surface area contributed by atoms with Crippen LogP contribution >= 0.6 is 0 Å². The summed E-state index contributed by atoms with van der Waals surface area (Å²) in [5, 5.41) is 11.9. The van der Waals surface area contributed by atoms with Gasteiger partial charge in [-0.3, -0.25) is 9.59 Å². The zero-order valence-electron chi connectivity index (χ0n) is 20.1. The minimum absolute atomic E-state index is 0.0248. The van der Waals surface area contributed by atoms with Crippen molar-refractivity contribution in [1.29, 1.82) is 0 Å². The zero-order valence-corrected chi connectivity index (χ0v) is 20.1. The van der Waals surface area contributed by atoms with Gasteiger partial charge in [-0.05, 0) is 42.0 Å². The number of aliphatic carboxylic acids is 1. The Morgan fingerprint density at radius 2 is 1.71 bits per heavy atom. The number of hydrogen-bond acceptors (Lipinski definition) is 5. The Kier molecular flexibility index (Phi) is 7.70. The third-order valence-corrected chi connectivity index (χ3v) is 7.10. The van der Waals surface area contributed by atoms with Crippen LogP contribution in [0.15, 0.2) is 48.5 Å². The molecule has 2 aliphatic rings. The lowest BCUT2D eigenvalue weighted by atomic mass is 9.91. The molecule has 2 aromatic carbocycles. The van der Waals surface area contributed by atoms with Gasteiger partial charge in [-0.2, -0.15) is 0 Å². The summed E-state index contributed by atoms with van der Waals surface area (Å²) in [6, 6.07) is 16.1. The maximum absolute atomic E-state index is 12.8. The third kappa shape index (κ3) is 5.48. The number of amides is 2. The molecule has 35 heavy (non-hydrogen) atoms. The number of benzene rings is 2. The average molecular weight is 481 g/mol. The molecule has 2 amide bonds. The highest BCUT2D eigenvalue weighted by molar-refractivity contribution is 5.79. The molecule has 1 heterocycles. The molecular weight excluding hydrogens is 448 g/mol. The van der Waals surface area contributed by atoms with Gasteiger partial charge in [0.1, 0.15) is 6.61 Å². The van der Waals surface area contributed by atoms with E-state index >= 15 is 0 Å². The third-order valence-electron chi connectivity index (χ3n) is 7.10. The number of carbonyl (C=O) groups excluding carboxylic acids is 2. The molecule has 1 aliphatic heterocycles. The quantitative estimate of drug-likeness (QED) is 0.598. The van der Waals surface area contributed by atoms with E-state index in [1.807, 2.05) is 31.2 Å². The van der Waals surface area contributed by atoms with Crippen molar-refractivity contribution < 1.29 is 29.0 Å². The van der Waals surface area contributed by atoms with Crippen molar-refractivity contribution in [3.8, 4) is 11.1 Å². The van der Waals surface area contributed by atoms with Crippen LogP contribution in [0.4, 0.5) is 4.79 Å². The number of rotatable bonds is 8. The van der Waals surface area contributed by atoms with E-state index in [-0.39, 0.29) is 37.4 Å². The summed E-state index contributed by atoms with van der Waals surface area (Å²) < 4.78 is 11.0. The standard InChI is InChI=1S/C27H32N2O6/c1-17-13-18(26(31)32)11-12-29(17)25(30)14-19(34-2)15-28-27(33)35-16-24-22-9-5-3-7-20(22)21-8-4-6-10-23(21)24/h3-10,17-19,24H,11-16H2,1-2H3,(H,28,33)(H,31,32). The Balaban J connectivity index is 1.27. The first-order valence-corrected chi connectivity index (χ1v) is 12.0. The topological polar surface area (TPSA) is 105 Å². The van der Waals surface area contributed by atoms with Crippen molar-refractivity contribution in [2.45, 2.75) is 44.2 Å². The van der Waals surface area contributed by atoms with Crippen LogP contribution in [0.5, 0.6) is 0 Å². The number of alkyl carbamates (subject to hydrolysis) is 1. The van der Waals surface area contributed by atoms with E-state index in [9.17, 15) is 19.5 Å². The highest BCUT2D eigenvalue weighted by Crippen LogP contribution is 2.44. The van der Waals surface area contributed by atoms with E-state index < -0.39 is 24.1 Å². The number of nitrogens with one attached hydrogen (secondary N) is 1. The Hall–Kier alpha value is -3.39. The van der Waals surface area contributed by atoms with E-state index in [0.29, 0.717) is 19.4 Å². The second-order valence-electron chi connectivity index (χ2n) is 9.26. The summed E-state index contributed by atoms with van der Waals surface area (Å²) in [7, 11) is 1.50. The van der Waals surface area contributed by atoms with E-state index in [4.69, 9.17) is 9.47 Å². The lowest BCUT2D eigenvalue weighted by Crippen LogP contribution is -2.47. The van der Waals surface area contributed by atoms with Crippen molar-refractivity contribution in [3.63, 3.8) is 0 Å². The fourth-order valence-corrected chi connectivity index (χ4v) is 5.16. The van der Waals surface area contributed by atoms with Gasteiger partial charge in [-0.1, -0.05) is 48.5 Å². The van der Waals surface area contributed by atoms with Crippen LogP contribution in [0.25, 0.3) is 11.1 Å². The maximum atomic E-state index is 12.8. The van der Waals surface area contributed by atoms with Crippen LogP contribution in [0.2, 0.25) is 0 Å².